The van der Waals surface area contributed by atoms with Crippen molar-refractivity contribution in [3.05, 3.63) is 36.0 Å². The Morgan fingerprint density at radius 1 is 1.31 bits per heavy atom. The number of hydrogen-bond acceptors (Lipinski definition) is 5. The van der Waals surface area contributed by atoms with Crippen molar-refractivity contribution in [3.63, 3.8) is 0 Å². The van der Waals surface area contributed by atoms with Crippen LogP contribution in [0.25, 0.3) is 11.3 Å². The zero-order valence-electron chi connectivity index (χ0n) is 15.5. The van der Waals surface area contributed by atoms with E-state index in [0.717, 1.165) is 37.6 Å². The highest BCUT2D eigenvalue weighted by molar-refractivity contribution is 5.99. The molecule has 2 heterocycles. The van der Waals surface area contributed by atoms with E-state index >= 15 is 0 Å². The third kappa shape index (κ3) is 4.05. The largest absolute Gasteiger partial charge is 0.497 e. The number of nitrogens with one attached hydrogen (secondary N) is 2. The summed E-state index contributed by atoms with van der Waals surface area (Å²) in [6, 6.07) is 7.53. The Balaban J connectivity index is 1.67. The zero-order valence-corrected chi connectivity index (χ0v) is 15.5. The maximum atomic E-state index is 12.7. The number of aromatic amines is 1. The van der Waals surface area contributed by atoms with Gasteiger partial charge in [-0.3, -0.25) is 14.8 Å². The Hall–Kier alpha value is -2.38. The molecule has 1 fully saturated rings. The Morgan fingerprint density at radius 2 is 2.00 bits per heavy atom. The topological polar surface area (TPSA) is 79.5 Å². The molecule has 1 saturated heterocycles. The fraction of sp³-hybridized carbons (Fsp3) is 0.474. The number of amides is 1. The van der Waals surface area contributed by atoms with E-state index in [2.05, 4.69) is 34.3 Å². The van der Waals surface area contributed by atoms with Gasteiger partial charge in [0, 0.05) is 30.7 Å². The van der Waals surface area contributed by atoms with Crippen LogP contribution in [-0.2, 0) is 4.74 Å². The lowest BCUT2D eigenvalue weighted by atomic mass is 10.0. The molecule has 7 heteroatoms. The van der Waals surface area contributed by atoms with Crippen LogP contribution >= 0.6 is 0 Å². The highest BCUT2D eigenvalue weighted by Crippen LogP contribution is 2.24. The Kier molecular flexibility index (Phi) is 5.58. The van der Waals surface area contributed by atoms with Gasteiger partial charge >= 0.3 is 0 Å². The molecule has 2 aromatic rings. The van der Waals surface area contributed by atoms with E-state index in [4.69, 9.17) is 9.47 Å². The van der Waals surface area contributed by atoms with Crippen LogP contribution in [0.2, 0.25) is 0 Å². The van der Waals surface area contributed by atoms with Gasteiger partial charge in [-0.1, -0.05) is 0 Å². The molecule has 0 bridgehead atoms. The van der Waals surface area contributed by atoms with E-state index in [1.165, 1.54) is 0 Å². The van der Waals surface area contributed by atoms with Crippen LogP contribution < -0.4 is 10.1 Å². The quantitative estimate of drug-likeness (QED) is 0.825. The molecule has 1 amide bonds. The first-order chi connectivity index (χ1) is 12.5. The molecule has 140 valence electrons. The minimum Gasteiger partial charge on any atom is -0.497 e. The molecule has 0 atom stereocenters. The van der Waals surface area contributed by atoms with E-state index in [1.807, 2.05) is 24.3 Å². The second kappa shape index (κ2) is 7.88. The van der Waals surface area contributed by atoms with Gasteiger partial charge < -0.3 is 14.8 Å². The molecule has 0 saturated carbocycles. The Bertz CT molecular complexity index is 733. The number of benzene rings is 1. The molecule has 1 aliphatic rings. The predicted octanol–water partition coefficient (Wildman–Crippen LogP) is 1.93. The molecule has 3 rings (SSSR count). The van der Waals surface area contributed by atoms with E-state index < -0.39 is 0 Å². The van der Waals surface area contributed by atoms with Crippen molar-refractivity contribution in [1.82, 2.24) is 20.4 Å². The minimum absolute atomic E-state index is 0.133. The van der Waals surface area contributed by atoms with E-state index in [0.29, 0.717) is 17.8 Å². The first-order valence-electron chi connectivity index (χ1n) is 8.80. The van der Waals surface area contributed by atoms with E-state index in [9.17, 15) is 4.79 Å². The maximum Gasteiger partial charge on any atom is 0.255 e. The summed E-state index contributed by atoms with van der Waals surface area (Å²) in [6.45, 7) is 8.06. The summed E-state index contributed by atoms with van der Waals surface area (Å²) < 4.78 is 10.6. The average Bonchev–Trinajstić information content (AvgIpc) is 3.17. The number of carbonyl (C=O) groups is 1. The van der Waals surface area contributed by atoms with Gasteiger partial charge in [-0.05, 0) is 38.1 Å². The third-order valence-corrected chi connectivity index (χ3v) is 4.81. The highest BCUT2D eigenvalue weighted by atomic mass is 16.5. The van der Waals surface area contributed by atoms with Gasteiger partial charge in [0.25, 0.3) is 5.91 Å². The molecule has 0 radical (unpaired) electrons. The fourth-order valence-electron chi connectivity index (χ4n) is 3.11. The molecule has 1 aliphatic heterocycles. The van der Waals surface area contributed by atoms with Gasteiger partial charge in [-0.25, -0.2) is 0 Å². The second-order valence-corrected chi connectivity index (χ2v) is 6.98. The van der Waals surface area contributed by atoms with Gasteiger partial charge in [0.2, 0.25) is 0 Å². The molecule has 1 aromatic carbocycles. The standard InChI is InChI=1S/C19H26N4O3/c1-19(2,23-8-10-26-11-9-23)13-20-18(24)16-12-21-22-17(16)14-4-6-15(25-3)7-5-14/h4-7,12H,8-11,13H2,1-3H3,(H,20,24)(H,21,22). The summed E-state index contributed by atoms with van der Waals surface area (Å²) in [4.78, 5) is 15.1. The third-order valence-electron chi connectivity index (χ3n) is 4.81. The van der Waals surface area contributed by atoms with Crippen LogP contribution in [0.4, 0.5) is 0 Å². The molecule has 26 heavy (non-hydrogen) atoms. The summed E-state index contributed by atoms with van der Waals surface area (Å²) in [5, 5.41) is 10.0. The van der Waals surface area contributed by atoms with Crippen LogP contribution in [-0.4, -0.2) is 66.5 Å². The Labute approximate surface area is 153 Å². The summed E-state index contributed by atoms with van der Waals surface area (Å²) in [5.74, 6) is 0.637. The number of methoxy groups -OCH3 is 1. The summed E-state index contributed by atoms with van der Waals surface area (Å²) >= 11 is 0. The van der Waals surface area contributed by atoms with Crippen molar-refractivity contribution in [3.8, 4) is 17.0 Å². The summed E-state index contributed by atoms with van der Waals surface area (Å²) in [7, 11) is 1.63. The van der Waals surface area contributed by atoms with E-state index in [1.54, 1.807) is 13.3 Å². The number of nitrogens with zero attached hydrogens (tertiary/aromatic N) is 2. The molecule has 2 N–H and O–H groups in total. The second-order valence-electron chi connectivity index (χ2n) is 6.98. The molecular weight excluding hydrogens is 332 g/mol. The van der Waals surface area contributed by atoms with Crippen molar-refractivity contribution in [2.24, 2.45) is 0 Å². The van der Waals surface area contributed by atoms with Crippen molar-refractivity contribution >= 4 is 5.91 Å². The molecule has 1 aromatic heterocycles. The number of morpholine rings is 1. The Morgan fingerprint density at radius 3 is 2.65 bits per heavy atom. The van der Waals surface area contributed by atoms with Crippen molar-refractivity contribution < 1.29 is 14.3 Å². The van der Waals surface area contributed by atoms with Gasteiger partial charge in [0.1, 0.15) is 5.75 Å². The molecule has 7 nitrogen and oxygen atoms in total. The summed E-state index contributed by atoms with van der Waals surface area (Å²) in [6.07, 6.45) is 1.57. The van der Waals surface area contributed by atoms with Gasteiger partial charge in [0.15, 0.2) is 0 Å². The SMILES string of the molecule is COc1ccc(-c2[nH]ncc2C(=O)NCC(C)(C)N2CCOCC2)cc1. The lowest BCUT2D eigenvalue weighted by Crippen LogP contribution is -2.55. The van der Waals surface area contributed by atoms with Crippen molar-refractivity contribution in [1.29, 1.82) is 0 Å². The number of ether oxygens (including phenoxy) is 2. The van der Waals surface area contributed by atoms with Crippen LogP contribution in [0.5, 0.6) is 5.75 Å². The predicted molar refractivity (Wildman–Crippen MR) is 99.4 cm³/mol. The van der Waals surface area contributed by atoms with Gasteiger partial charge in [-0.2, -0.15) is 5.10 Å². The van der Waals surface area contributed by atoms with Crippen LogP contribution in [0, 0.1) is 0 Å². The molecular formula is C19H26N4O3. The van der Waals surface area contributed by atoms with Crippen molar-refractivity contribution in [2.75, 3.05) is 40.0 Å². The van der Waals surface area contributed by atoms with Gasteiger partial charge in [0.05, 0.1) is 37.8 Å². The number of carbonyl (C=O) groups excluding carboxylic acids is 1. The van der Waals surface area contributed by atoms with Crippen LogP contribution in [0.15, 0.2) is 30.5 Å². The van der Waals surface area contributed by atoms with Crippen molar-refractivity contribution in [2.45, 2.75) is 19.4 Å². The maximum absolute atomic E-state index is 12.7. The fourth-order valence-corrected chi connectivity index (χ4v) is 3.11. The minimum atomic E-state index is -0.135. The zero-order chi connectivity index (χ0) is 18.6. The average molecular weight is 358 g/mol. The van der Waals surface area contributed by atoms with Gasteiger partial charge in [-0.15, -0.1) is 0 Å². The monoisotopic (exact) mass is 358 g/mol. The first-order valence-corrected chi connectivity index (χ1v) is 8.80. The normalized spacial score (nSPS) is 15.7. The summed E-state index contributed by atoms with van der Waals surface area (Å²) in [5.41, 5.74) is 1.99. The molecule has 0 spiro atoms. The number of rotatable bonds is 6. The number of H-pyrrole nitrogens is 1. The molecule has 0 unspecified atom stereocenters. The number of aromatic nitrogens is 2. The number of hydrogen-bond donors (Lipinski definition) is 2. The first kappa shape index (κ1) is 18.4. The molecule has 0 aliphatic carbocycles. The van der Waals surface area contributed by atoms with Crippen LogP contribution in [0.1, 0.15) is 24.2 Å². The van der Waals surface area contributed by atoms with E-state index in [-0.39, 0.29) is 11.4 Å². The highest BCUT2D eigenvalue weighted by Gasteiger charge is 2.29. The lowest BCUT2D eigenvalue weighted by molar-refractivity contribution is -0.00923. The smallest absolute Gasteiger partial charge is 0.255 e. The lowest BCUT2D eigenvalue weighted by Gasteiger charge is -2.40. The van der Waals surface area contributed by atoms with Crippen LogP contribution in [0.3, 0.4) is 0 Å².